The van der Waals surface area contributed by atoms with Crippen LogP contribution < -0.4 is 0 Å². The minimum Gasteiger partial charge on any atom is -0.394 e. The number of hydrogen-bond acceptors (Lipinski definition) is 1. The molecule has 2 nitrogen and oxygen atoms in total. The molecule has 1 atom stereocenters. The fraction of sp³-hybridized carbons (Fsp3) is 0.125. The number of aliphatic hydroxyl groups is 1. The highest BCUT2D eigenvalue weighted by Gasteiger charge is 2.13. The fourth-order valence-corrected chi connectivity index (χ4v) is 2.41. The molecule has 0 aliphatic heterocycles. The van der Waals surface area contributed by atoms with Gasteiger partial charge in [-0.1, -0.05) is 48.5 Å². The molecule has 1 N–H and O–H groups in total. The molecule has 18 heavy (non-hydrogen) atoms. The van der Waals surface area contributed by atoms with E-state index in [2.05, 4.69) is 34.9 Å². The maximum Gasteiger partial charge on any atom is 0.0817 e. The van der Waals surface area contributed by atoms with E-state index in [9.17, 15) is 5.11 Å². The maximum absolute atomic E-state index is 9.69. The van der Waals surface area contributed by atoms with Crippen LogP contribution in [-0.4, -0.2) is 16.3 Å². The largest absolute Gasteiger partial charge is 0.394 e. The molecule has 0 bridgehead atoms. The monoisotopic (exact) mass is 237 g/mol. The van der Waals surface area contributed by atoms with E-state index in [1.165, 1.54) is 5.39 Å². The first-order valence-electron chi connectivity index (χ1n) is 6.11. The Kier molecular flexibility index (Phi) is 2.87. The zero-order valence-corrected chi connectivity index (χ0v) is 10.0. The number of para-hydroxylation sites is 1. The van der Waals surface area contributed by atoms with Crippen LogP contribution in [0.25, 0.3) is 10.9 Å². The van der Waals surface area contributed by atoms with Crippen molar-refractivity contribution in [2.24, 2.45) is 0 Å². The molecule has 3 rings (SSSR count). The zero-order valence-electron chi connectivity index (χ0n) is 10.0. The lowest BCUT2D eigenvalue weighted by Crippen LogP contribution is -2.13. The number of fused-ring (bicyclic) bond motifs is 1. The second-order valence-electron chi connectivity index (χ2n) is 4.39. The molecule has 1 heterocycles. The molecule has 0 aliphatic rings. The summed E-state index contributed by atoms with van der Waals surface area (Å²) >= 11 is 0. The molecule has 0 amide bonds. The minimum atomic E-state index is -0.0221. The van der Waals surface area contributed by atoms with Crippen molar-refractivity contribution in [3.05, 3.63) is 72.4 Å². The van der Waals surface area contributed by atoms with Crippen molar-refractivity contribution in [1.82, 2.24) is 4.57 Å². The third kappa shape index (κ3) is 1.81. The van der Waals surface area contributed by atoms with Gasteiger partial charge in [0.25, 0.3) is 0 Å². The van der Waals surface area contributed by atoms with Crippen LogP contribution in [0.15, 0.2) is 66.9 Å². The van der Waals surface area contributed by atoms with E-state index in [1.807, 2.05) is 36.5 Å². The van der Waals surface area contributed by atoms with E-state index < -0.39 is 0 Å². The summed E-state index contributed by atoms with van der Waals surface area (Å²) in [6.07, 6.45) is 2.04. The molecular formula is C16H15NO. The SMILES string of the molecule is OCC(c1ccccc1)n1ccc2ccccc21. The van der Waals surface area contributed by atoms with Gasteiger partial charge in [-0.3, -0.25) is 0 Å². The average molecular weight is 237 g/mol. The Balaban J connectivity index is 2.12. The number of rotatable bonds is 3. The molecule has 0 radical (unpaired) electrons. The predicted molar refractivity (Wildman–Crippen MR) is 73.6 cm³/mol. The number of hydrogen-bond donors (Lipinski definition) is 1. The van der Waals surface area contributed by atoms with E-state index in [1.54, 1.807) is 0 Å². The van der Waals surface area contributed by atoms with Crippen molar-refractivity contribution in [2.75, 3.05) is 6.61 Å². The van der Waals surface area contributed by atoms with Gasteiger partial charge in [0.05, 0.1) is 12.6 Å². The quantitative estimate of drug-likeness (QED) is 0.743. The molecule has 0 saturated carbocycles. The van der Waals surface area contributed by atoms with Crippen LogP contribution in [0.1, 0.15) is 11.6 Å². The molecule has 0 fully saturated rings. The first kappa shape index (κ1) is 11.1. The summed E-state index contributed by atoms with van der Waals surface area (Å²) in [5.74, 6) is 0. The Morgan fingerprint density at radius 2 is 1.61 bits per heavy atom. The summed E-state index contributed by atoms with van der Waals surface area (Å²) in [7, 11) is 0. The summed E-state index contributed by atoms with van der Waals surface area (Å²) in [6.45, 7) is 0.0999. The van der Waals surface area contributed by atoms with Gasteiger partial charge in [0.2, 0.25) is 0 Å². The second-order valence-corrected chi connectivity index (χ2v) is 4.39. The highest BCUT2D eigenvalue weighted by atomic mass is 16.3. The summed E-state index contributed by atoms with van der Waals surface area (Å²) in [6, 6.07) is 20.4. The van der Waals surface area contributed by atoms with E-state index in [0.29, 0.717) is 0 Å². The Labute approximate surface area is 106 Å². The van der Waals surface area contributed by atoms with Gasteiger partial charge in [0, 0.05) is 11.7 Å². The lowest BCUT2D eigenvalue weighted by atomic mass is 10.1. The van der Waals surface area contributed by atoms with Crippen LogP contribution in [0.3, 0.4) is 0 Å². The summed E-state index contributed by atoms with van der Waals surface area (Å²) in [4.78, 5) is 0. The highest BCUT2D eigenvalue weighted by Crippen LogP contribution is 2.24. The Bertz CT molecular complexity index is 642. The average Bonchev–Trinajstić information content (AvgIpc) is 2.85. The Hall–Kier alpha value is -2.06. The van der Waals surface area contributed by atoms with Gasteiger partial charge in [-0.05, 0) is 23.1 Å². The fourth-order valence-electron chi connectivity index (χ4n) is 2.41. The third-order valence-electron chi connectivity index (χ3n) is 3.32. The van der Waals surface area contributed by atoms with Crippen LogP contribution in [0.4, 0.5) is 0 Å². The van der Waals surface area contributed by atoms with E-state index in [4.69, 9.17) is 0 Å². The molecule has 90 valence electrons. The number of aliphatic hydroxyl groups excluding tert-OH is 1. The van der Waals surface area contributed by atoms with E-state index in [0.717, 1.165) is 11.1 Å². The lowest BCUT2D eigenvalue weighted by molar-refractivity contribution is 0.252. The Morgan fingerprint density at radius 3 is 2.39 bits per heavy atom. The smallest absolute Gasteiger partial charge is 0.0817 e. The molecule has 1 unspecified atom stereocenters. The standard InChI is InChI=1S/C16H15NO/c18-12-16(13-6-2-1-3-7-13)17-11-10-14-8-4-5-9-15(14)17/h1-11,16,18H,12H2. The number of benzene rings is 2. The third-order valence-corrected chi connectivity index (χ3v) is 3.32. The van der Waals surface area contributed by atoms with E-state index >= 15 is 0 Å². The molecule has 2 heteroatoms. The lowest BCUT2D eigenvalue weighted by Gasteiger charge is -2.18. The first-order chi connectivity index (χ1) is 8.90. The van der Waals surface area contributed by atoms with Crippen LogP contribution in [0.5, 0.6) is 0 Å². The van der Waals surface area contributed by atoms with Gasteiger partial charge >= 0.3 is 0 Å². The van der Waals surface area contributed by atoms with Gasteiger partial charge < -0.3 is 9.67 Å². The van der Waals surface area contributed by atoms with Crippen LogP contribution in [0, 0.1) is 0 Å². The van der Waals surface area contributed by atoms with Crippen molar-refractivity contribution in [2.45, 2.75) is 6.04 Å². The number of aromatic nitrogens is 1. The summed E-state index contributed by atoms with van der Waals surface area (Å²) in [5, 5.41) is 10.9. The molecule has 2 aromatic carbocycles. The van der Waals surface area contributed by atoms with Crippen molar-refractivity contribution >= 4 is 10.9 Å². The van der Waals surface area contributed by atoms with Gasteiger partial charge in [0.1, 0.15) is 0 Å². The maximum atomic E-state index is 9.69. The van der Waals surface area contributed by atoms with Gasteiger partial charge in [0.15, 0.2) is 0 Å². The van der Waals surface area contributed by atoms with Gasteiger partial charge in [-0.2, -0.15) is 0 Å². The minimum absolute atomic E-state index is 0.0221. The van der Waals surface area contributed by atoms with Crippen molar-refractivity contribution in [3.8, 4) is 0 Å². The van der Waals surface area contributed by atoms with Crippen molar-refractivity contribution in [3.63, 3.8) is 0 Å². The number of nitrogens with zero attached hydrogens (tertiary/aromatic N) is 1. The highest BCUT2D eigenvalue weighted by molar-refractivity contribution is 5.80. The van der Waals surface area contributed by atoms with Gasteiger partial charge in [-0.15, -0.1) is 0 Å². The Morgan fingerprint density at radius 1 is 0.889 bits per heavy atom. The molecule has 0 aliphatic carbocycles. The summed E-state index contributed by atoms with van der Waals surface area (Å²) in [5.41, 5.74) is 2.28. The molecule has 0 saturated heterocycles. The van der Waals surface area contributed by atoms with Crippen molar-refractivity contribution in [1.29, 1.82) is 0 Å². The molecule has 3 aromatic rings. The van der Waals surface area contributed by atoms with Crippen LogP contribution in [0.2, 0.25) is 0 Å². The second kappa shape index (κ2) is 4.67. The molecular weight excluding hydrogens is 222 g/mol. The summed E-state index contributed by atoms with van der Waals surface area (Å²) < 4.78 is 2.13. The first-order valence-corrected chi connectivity index (χ1v) is 6.11. The van der Waals surface area contributed by atoms with Gasteiger partial charge in [-0.25, -0.2) is 0 Å². The van der Waals surface area contributed by atoms with Crippen LogP contribution >= 0.6 is 0 Å². The molecule has 0 spiro atoms. The topological polar surface area (TPSA) is 25.2 Å². The van der Waals surface area contributed by atoms with E-state index in [-0.39, 0.29) is 12.6 Å². The predicted octanol–water partition coefficient (Wildman–Crippen LogP) is 3.22. The molecule has 1 aromatic heterocycles. The van der Waals surface area contributed by atoms with Crippen LogP contribution in [-0.2, 0) is 0 Å². The van der Waals surface area contributed by atoms with Crippen molar-refractivity contribution < 1.29 is 5.11 Å². The normalized spacial score (nSPS) is 12.7. The zero-order chi connectivity index (χ0) is 12.4.